The maximum absolute atomic E-state index is 14.9. The lowest BCUT2D eigenvalue weighted by atomic mass is 9.89. The molecule has 0 aromatic heterocycles. The summed E-state index contributed by atoms with van der Waals surface area (Å²) in [5, 5.41) is 4.47. The fourth-order valence-corrected chi connectivity index (χ4v) is 9.08. The standard InChI is InChI=1S/C23H38FN4O3P/c1-16(2)27-21-13-9-10-14-22(21)28(17(3)4)32(27,30)25-20(15-23(29)26(5)31-6)18-11-7-8-12-19(18)24/h7-8,11-12,16-17,20-22H,9-10,13-15H2,1-6H3,(H,25,30)/t20-,21+,22+/m1/s1. The van der Waals surface area contributed by atoms with Gasteiger partial charge >= 0.3 is 0 Å². The zero-order chi connectivity index (χ0) is 23.6. The molecule has 1 heterocycles. The summed E-state index contributed by atoms with van der Waals surface area (Å²) < 4.78 is 34.0. The van der Waals surface area contributed by atoms with Gasteiger partial charge in [-0.3, -0.25) is 14.2 Å². The van der Waals surface area contributed by atoms with E-state index in [2.05, 4.69) is 42.1 Å². The zero-order valence-corrected chi connectivity index (χ0v) is 21.0. The molecule has 32 heavy (non-hydrogen) atoms. The Morgan fingerprint density at radius 2 is 1.69 bits per heavy atom. The van der Waals surface area contributed by atoms with Crippen LogP contribution >= 0.6 is 7.59 Å². The molecule has 3 rings (SSSR count). The molecule has 1 aromatic carbocycles. The third kappa shape index (κ3) is 4.80. The normalized spacial score (nSPS) is 24.7. The number of nitrogens with one attached hydrogen (secondary N) is 1. The van der Waals surface area contributed by atoms with Crippen molar-refractivity contribution in [1.29, 1.82) is 0 Å². The number of fused-ring (bicyclic) bond motifs is 1. The van der Waals surface area contributed by atoms with Gasteiger partial charge in [0.1, 0.15) is 5.82 Å². The first-order valence-corrected chi connectivity index (χ1v) is 13.2. The van der Waals surface area contributed by atoms with Crippen molar-refractivity contribution in [3.05, 3.63) is 35.6 Å². The quantitative estimate of drug-likeness (QED) is 0.440. The van der Waals surface area contributed by atoms with E-state index in [0.29, 0.717) is 5.56 Å². The Labute approximate surface area is 191 Å². The van der Waals surface area contributed by atoms with Crippen LogP contribution in [0.1, 0.15) is 71.4 Å². The van der Waals surface area contributed by atoms with E-state index < -0.39 is 19.5 Å². The summed E-state index contributed by atoms with van der Waals surface area (Å²) in [6.45, 7) is 8.25. The Bertz CT molecular complexity index is 824. The minimum absolute atomic E-state index is 0.0429. The molecule has 180 valence electrons. The maximum atomic E-state index is 14.9. The van der Waals surface area contributed by atoms with Crippen molar-refractivity contribution < 1.29 is 18.6 Å². The van der Waals surface area contributed by atoms with E-state index >= 15 is 0 Å². The van der Waals surface area contributed by atoms with Crippen LogP contribution in [0.3, 0.4) is 0 Å². The van der Waals surface area contributed by atoms with Crippen molar-refractivity contribution in [2.75, 3.05) is 14.2 Å². The molecule has 0 bridgehead atoms. The molecule has 2 fully saturated rings. The van der Waals surface area contributed by atoms with E-state index in [1.807, 2.05) is 0 Å². The van der Waals surface area contributed by atoms with Crippen molar-refractivity contribution >= 4 is 13.5 Å². The van der Waals surface area contributed by atoms with E-state index in [4.69, 9.17) is 4.84 Å². The monoisotopic (exact) mass is 468 g/mol. The number of nitrogens with zero attached hydrogens (tertiary/aromatic N) is 3. The van der Waals surface area contributed by atoms with Crippen LogP contribution in [-0.4, -0.2) is 58.6 Å². The highest BCUT2D eigenvalue weighted by molar-refractivity contribution is 7.57. The second kappa shape index (κ2) is 10.3. The van der Waals surface area contributed by atoms with E-state index in [-0.39, 0.29) is 36.5 Å². The van der Waals surface area contributed by atoms with Gasteiger partial charge in [-0.15, -0.1) is 0 Å². The second-order valence-corrected chi connectivity index (χ2v) is 11.7. The van der Waals surface area contributed by atoms with Crippen molar-refractivity contribution in [3.8, 4) is 0 Å². The van der Waals surface area contributed by atoms with Gasteiger partial charge in [0.05, 0.1) is 13.2 Å². The van der Waals surface area contributed by atoms with Gasteiger partial charge < -0.3 is 0 Å². The van der Waals surface area contributed by atoms with E-state index in [0.717, 1.165) is 30.7 Å². The average molecular weight is 469 g/mol. The van der Waals surface area contributed by atoms with Crippen molar-refractivity contribution in [3.63, 3.8) is 0 Å². The lowest BCUT2D eigenvalue weighted by Crippen LogP contribution is -2.43. The summed E-state index contributed by atoms with van der Waals surface area (Å²) in [7, 11) is -0.373. The minimum Gasteiger partial charge on any atom is -0.275 e. The number of hydroxylamine groups is 2. The van der Waals surface area contributed by atoms with E-state index in [9.17, 15) is 13.8 Å². The molecule has 1 aliphatic carbocycles. The fourth-order valence-electron chi connectivity index (χ4n) is 5.35. The molecular formula is C23H38FN4O3P. The number of amides is 1. The summed E-state index contributed by atoms with van der Waals surface area (Å²) >= 11 is 0. The van der Waals surface area contributed by atoms with Gasteiger partial charge in [-0.1, -0.05) is 31.0 Å². The maximum Gasteiger partial charge on any atom is 0.285 e. The number of rotatable bonds is 8. The molecule has 3 atom stereocenters. The molecule has 7 nitrogen and oxygen atoms in total. The van der Waals surface area contributed by atoms with Gasteiger partial charge in [0, 0.05) is 43.2 Å². The van der Waals surface area contributed by atoms with E-state index in [1.165, 1.54) is 20.2 Å². The van der Waals surface area contributed by atoms with Crippen LogP contribution in [0.5, 0.6) is 0 Å². The molecule has 2 aliphatic rings. The number of carbonyl (C=O) groups is 1. The lowest BCUT2D eigenvalue weighted by molar-refractivity contribution is -0.169. The first-order valence-electron chi connectivity index (χ1n) is 11.6. The summed E-state index contributed by atoms with van der Waals surface area (Å²) in [6.07, 6.45) is 4.15. The largest absolute Gasteiger partial charge is 0.285 e. The highest BCUT2D eigenvalue weighted by atomic mass is 31.2. The van der Waals surface area contributed by atoms with Crippen LogP contribution in [0.2, 0.25) is 0 Å². The summed E-state index contributed by atoms with van der Waals surface area (Å²) in [6, 6.07) is 6.08. The zero-order valence-electron chi connectivity index (χ0n) is 20.1. The number of benzene rings is 1. The van der Waals surface area contributed by atoms with Crippen LogP contribution in [0, 0.1) is 5.82 Å². The van der Waals surface area contributed by atoms with Crippen LogP contribution < -0.4 is 5.09 Å². The lowest BCUT2D eigenvalue weighted by Gasteiger charge is -2.38. The van der Waals surface area contributed by atoms with Crippen LogP contribution in [0.15, 0.2) is 24.3 Å². The highest BCUT2D eigenvalue weighted by Gasteiger charge is 2.57. The van der Waals surface area contributed by atoms with Crippen molar-refractivity contribution in [2.24, 2.45) is 0 Å². The molecule has 1 aromatic rings. The van der Waals surface area contributed by atoms with E-state index in [1.54, 1.807) is 18.2 Å². The molecule has 1 saturated carbocycles. The molecule has 9 heteroatoms. The minimum atomic E-state index is -3.31. The highest BCUT2D eigenvalue weighted by Crippen LogP contribution is 2.64. The van der Waals surface area contributed by atoms with Crippen LogP contribution in [0.25, 0.3) is 0 Å². The SMILES string of the molecule is CON(C)C(=O)C[C@@H](NP1(=O)N(C(C)C)[C@H]2CCCC[C@@H]2N1C(C)C)c1ccccc1F. The Morgan fingerprint density at radius 3 is 2.16 bits per heavy atom. The number of carbonyl (C=O) groups excluding carboxylic acids is 1. The van der Waals surface area contributed by atoms with Gasteiger partial charge in [0.15, 0.2) is 0 Å². The summed E-state index contributed by atoms with van der Waals surface area (Å²) in [5.74, 6) is -0.739. The van der Waals surface area contributed by atoms with Crippen molar-refractivity contribution in [2.45, 2.75) is 90.0 Å². The second-order valence-electron chi connectivity index (χ2n) is 9.39. The van der Waals surface area contributed by atoms with Gasteiger partial charge in [-0.2, -0.15) is 0 Å². The predicted octanol–water partition coefficient (Wildman–Crippen LogP) is 4.72. The first-order chi connectivity index (χ1) is 15.1. The van der Waals surface area contributed by atoms with Gasteiger partial charge in [-0.25, -0.2) is 23.9 Å². The molecule has 1 aliphatic heterocycles. The Hall–Kier alpha value is -1.31. The number of halogens is 1. The first kappa shape index (κ1) is 25.3. The molecule has 0 spiro atoms. The Balaban J connectivity index is 2.05. The van der Waals surface area contributed by atoms with Crippen molar-refractivity contribution in [1.82, 2.24) is 19.5 Å². The summed E-state index contributed by atoms with van der Waals surface area (Å²) in [4.78, 5) is 17.8. The predicted molar refractivity (Wildman–Crippen MR) is 124 cm³/mol. The van der Waals surface area contributed by atoms with Crippen LogP contribution in [0.4, 0.5) is 4.39 Å². The third-order valence-electron chi connectivity index (χ3n) is 6.67. The topological polar surface area (TPSA) is 65.1 Å². The molecule has 1 amide bonds. The average Bonchev–Trinajstić information content (AvgIpc) is 3.00. The molecular weight excluding hydrogens is 430 g/mol. The fraction of sp³-hybridized carbons (Fsp3) is 0.696. The number of hydrogen-bond acceptors (Lipinski definition) is 3. The molecule has 0 unspecified atom stereocenters. The Morgan fingerprint density at radius 1 is 1.16 bits per heavy atom. The van der Waals surface area contributed by atoms with Gasteiger partial charge in [0.2, 0.25) is 5.91 Å². The summed E-state index contributed by atoms with van der Waals surface area (Å²) in [5.41, 5.74) is 0.336. The number of hydrogen-bond donors (Lipinski definition) is 1. The Kier molecular flexibility index (Phi) is 8.16. The molecule has 0 radical (unpaired) electrons. The smallest absolute Gasteiger partial charge is 0.275 e. The van der Waals surface area contributed by atoms with Crippen LogP contribution in [-0.2, 0) is 14.2 Å². The third-order valence-corrected chi connectivity index (χ3v) is 10.1. The molecule has 1 saturated heterocycles. The molecule has 1 N–H and O–H groups in total. The van der Waals surface area contributed by atoms with Gasteiger partial charge in [0.25, 0.3) is 7.59 Å². The van der Waals surface area contributed by atoms with Gasteiger partial charge in [-0.05, 0) is 46.6 Å².